The topological polar surface area (TPSA) is 66.2 Å². The molecule has 3 N–H and O–H groups in total. The maximum Gasteiger partial charge on any atom is 0.407 e. The zero-order valence-corrected chi connectivity index (χ0v) is 20.8. The van der Waals surface area contributed by atoms with E-state index in [1.165, 1.54) is 0 Å². The molecule has 0 saturated heterocycles. The van der Waals surface area contributed by atoms with Crippen LogP contribution < -0.4 is 10.6 Å². The van der Waals surface area contributed by atoms with E-state index in [1.807, 2.05) is 63.2 Å². The molecule has 0 bridgehead atoms. The second kappa shape index (κ2) is 9.34. The van der Waals surface area contributed by atoms with Gasteiger partial charge in [0.05, 0.1) is 21.2 Å². The molecule has 1 aromatic heterocycles. The molecule has 8 heteroatoms. The van der Waals surface area contributed by atoms with E-state index < -0.39 is 11.7 Å². The van der Waals surface area contributed by atoms with Crippen LogP contribution in [0.15, 0.2) is 48.5 Å². The fourth-order valence-corrected chi connectivity index (χ4v) is 4.18. The van der Waals surface area contributed by atoms with E-state index in [1.54, 1.807) is 6.07 Å². The van der Waals surface area contributed by atoms with Crippen LogP contribution in [0.1, 0.15) is 20.8 Å². The van der Waals surface area contributed by atoms with Crippen LogP contribution in [-0.4, -0.2) is 29.8 Å². The number of halogens is 3. The lowest BCUT2D eigenvalue weighted by Crippen LogP contribution is -2.35. The van der Waals surface area contributed by atoms with E-state index in [4.69, 9.17) is 39.5 Å². The Hall–Kier alpha value is -2.60. The number of alkyl carbamates (subject to hydrolysis) is 1. The van der Waals surface area contributed by atoms with Crippen molar-refractivity contribution in [1.82, 2.24) is 10.3 Å². The molecule has 1 heterocycles. The minimum absolute atomic E-state index is 0.414. The van der Waals surface area contributed by atoms with Gasteiger partial charge in [0.1, 0.15) is 5.60 Å². The molecule has 172 valence electrons. The molecule has 0 fully saturated rings. The standard InChI is InChI=1S/C25H24Cl3N3O2/c1-25(2,3)33-24(32)30-11-10-29-21-9-6-16(14-4-7-18(27)19(28)12-14)22-17-13-15(26)5-8-20(17)31-23(21)22/h4-9,12-13,29,31H,10-11H2,1-3H3,(H,30,32). The highest BCUT2D eigenvalue weighted by Gasteiger charge is 2.17. The highest BCUT2D eigenvalue weighted by molar-refractivity contribution is 6.42. The van der Waals surface area contributed by atoms with Crippen LogP contribution in [0.4, 0.5) is 10.5 Å². The van der Waals surface area contributed by atoms with Crippen molar-refractivity contribution in [2.45, 2.75) is 26.4 Å². The Morgan fingerprint density at radius 2 is 1.76 bits per heavy atom. The molecule has 3 aromatic carbocycles. The monoisotopic (exact) mass is 503 g/mol. The van der Waals surface area contributed by atoms with Gasteiger partial charge >= 0.3 is 6.09 Å². The van der Waals surface area contributed by atoms with Gasteiger partial charge in [0.2, 0.25) is 0 Å². The number of H-pyrrole nitrogens is 1. The van der Waals surface area contributed by atoms with Crippen LogP contribution in [0.2, 0.25) is 15.1 Å². The van der Waals surface area contributed by atoms with Gasteiger partial charge in [0, 0.05) is 34.4 Å². The molecule has 1 amide bonds. The third-order valence-corrected chi connectivity index (χ3v) is 6.03. The van der Waals surface area contributed by atoms with Crippen molar-refractivity contribution < 1.29 is 9.53 Å². The van der Waals surface area contributed by atoms with Crippen molar-refractivity contribution in [1.29, 1.82) is 0 Å². The summed E-state index contributed by atoms with van der Waals surface area (Å²) < 4.78 is 5.28. The number of hydrogen-bond donors (Lipinski definition) is 3. The first-order chi connectivity index (χ1) is 15.6. The average Bonchev–Trinajstić information content (AvgIpc) is 3.11. The highest BCUT2D eigenvalue weighted by atomic mass is 35.5. The first-order valence-corrected chi connectivity index (χ1v) is 11.7. The van der Waals surface area contributed by atoms with E-state index >= 15 is 0 Å². The molecule has 0 unspecified atom stereocenters. The zero-order valence-electron chi connectivity index (χ0n) is 18.5. The van der Waals surface area contributed by atoms with Gasteiger partial charge in [-0.05, 0) is 68.3 Å². The van der Waals surface area contributed by atoms with Crippen molar-refractivity contribution in [2.24, 2.45) is 0 Å². The Morgan fingerprint density at radius 3 is 2.48 bits per heavy atom. The van der Waals surface area contributed by atoms with Crippen LogP contribution >= 0.6 is 34.8 Å². The quantitative estimate of drug-likeness (QED) is 0.242. The third-order valence-electron chi connectivity index (χ3n) is 5.06. The Morgan fingerprint density at radius 1 is 0.970 bits per heavy atom. The van der Waals surface area contributed by atoms with Gasteiger partial charge in [-0.15, -0.1) is 0 Å². The average molecular weight is 505 g/mol. The number of aromatic nitrogens is 1. The van der Waals surface area contributed by atoms with Crippen LogP contribution in [0, 0.1) is 0 Å². The Labute approximate surface area is 207 Å². The lowest BCUT2D eigenvalue weighted by molar-refractivity contribution is 0.0530. The number of nitrogens with one attached hydrogen (secondary N) is 3. The second-order valence-electron chi connectivity index (χ2n) is 8.71. The SMILES string of the molecule is CC(C)(C)OC(=O)NCCNc1ccc(-c2ccc(Cl)c(Cl)c2)c2c1[nH]c1ccc(Cl)cc12. The predicted molar refractivity (Wildman–Crippen MR) is 139 cm³/mol. The van der Waals surface area contributed by atoms with E-state index in [9.17, 15) is 4.79 Å². The molecule has 33 heavy (non-hydrogen) atoms. The molecular weight excluding hydrogens is 481 g/mol. The number of carbonyl (C=O) groups excluding carboxylic acids is 1. The van der Waals surface area contributed by atoms with Crippen molar-refractivity contribution in [2.75, 3.05) is 18.4 Å². The van der Waals surface area contributed by atoms with Gasteiger partial charge in [0.15, 0.2) is 0 Å². The summed E-state index contributed by atoms with van der Waals surface area (Å²) in [5.74, 6) is 0. The summed E-state index contributed by atoms with van der Waals surface area (Å²) in [7, 11) is 0. The zero-order chi connectivity index (χ0) is 23.8. The number of anilines is 1. The van der Waals surface area contributed by atoms with Gasteiger partial charge in [-0.3, -0.25) is 0 Å². The number of ether oxygens (including phenoxy) is 1. The molecule has 0 saturated carbocycles. The number of hydrogen-bond acceptors (Lipinski definition) is 3. The maximum absolute atomic E-state index is 11.9. The molecule has 5 nitrogen and oxygen atoms in total. The second-order valence-corrected chi connectivity index (χ2v) is 9.96. The smallest absolute Gasteiger partial charge is 0.407 e. The minimum Gasteiger partial charge on any atom is -0.444 e. The molecule has 0 radical (unpaired) electrons. The van der Waals surface area contributed by atoms with Gasteiger partial charge in [-0.25, -0.2) is 4.79 Å². The number of amides is 1. The lowest BCUT2D eigenvalue weighted by Gasteiger charge is -2.19. The van der Waals surface area contributed by atoms with Crippen LogP contribution in [-0.2, 0) is 4.74 Å². The largest absolute Gasteiger partial charge is 0.444 e. The number of aromatic amines is 1. The van der Waals surface area contributed by atoms with Crippen LogP contribution in [0.5, 0.6) is 0 Å². The van der Waals surface area contributed by atoms with Gasteiger partial charge in [-0.1, -0.05) is 46.9 Å². The normalized spacial score (nSPS) is 11.7. The van der Waals surface area contributed by atoms with Gasteiger partial charge < -0.3 is 20.4 Å². The Balaban J connectivity index is 1.67. The lowest BCUT2D eigenvalue weighted by atomic mass is 9.98. The molecular formula is C25H24Cl3N3O2. The summed E-state index contributed by atoms with van der Waals surface area (Å²) >= 11 is 18.7. The molecule has 0 aliphatic heterocycles. The maximum atomic E-state index is 11.9. The summed E-state index contributed by atoms with van der Waals surface area (Å²) in [5, 5.41) is 9.85. The fourth-order valence-electron chi connectivity index (χ4n) is 3.71. The van der Waals surface area contributed by atoms with Crippen molar-refractivity contribution in [3.05, 3.63) is 63.6 Å². The first kappa shape index (κ1) is 23.6. The number of rotatable bonds is 5. The Bertz CT molecular complexity index is 1340. The molecule has 0 aliphatic rings. The fraction of sp³-hybridized carbons (Fsp3) is 0.240. The van der Waals surface area contributed by atoms with Crippen LogP contribution in [0.25, 0.3) is 32.9 Å². The van der Waals surface area contributed by atoms with E-state index in [-0.39, 0.29) is 0 Å². The van der Waals surface area contributed by atoms with E-state index in [0.717, 1.165) is 38.6 Å². The summed E-state index contributed by atoms with van der Waals surface area (Å²) in [4.78, 5) is 15.4. The Kier molecular flexibility index (Phi) is 6.66. The first-order valence-electron chi connectivity index (χ1n) is 10.5. The molecule has 4 rings (SSSR count). The summed E-state index contributed by atoms with van der Waals surface area (Å²) in [6.07, 6.45) is -0.440. The van der Waals surface area contributed by atoms with Crippen LogP contribution in [0.3, 0.4) is 0 Å². The van der Waals surface area contributed by atoms with Crippen molar-refractivity contribution in [3.63, 3.8) is 0 Å². The third kappa shape index (κ3) is 5.32. The number of benzene rings is 3. The van der Waals surface area contributed by atoms with E-state index in [2.05, 4.69) is 15.6 Å². The molecule has 0 aliphatic carbocycles. The summed E-state index contributed by atoms with van der Waals surface area (Å²) in [5.41, 5.74) is 4.25. The van der Waals surface area contributed by atoms with Crippen molar-refractivity contribution in [3.8, 4) is 11.1 Å². The van der Waals surface area contributed by atoms with E-state index in [0.29, 0.717) is 28.2 Å². The van der Waals surface area contributed by atoms with Gasteiger partial charge in [0.25, 0.3) is 0 Å². The number of fused-ring (bicyclic) bond motifs is 3. The molecule has 0 atom stereocenters. The summed E-state index contributed by atoms with van der Waals surface area (Å²) in [6, 6.07) is 15.4. The predicted octanol–water partition coefficient (Wildman–Crippen LogP) is 7.88. The highest BCUT2D eigenvalue weighted by Crippen LogP contribution is 2.40. The molecule has 4 aromatic rings. The molecule has 0 spiro atoms. The summed E-state index contributed by atoms with van der Waals surface area (Å²) in [6.45, 7) is 6.44. The van der Waals surface area contributed by atoms with Gasteiger partial charge in [-0.2, -0.15) is 0 Å². The van der Waals surface area contributed by atoms with Crippen molar-refractivity contribution >= 4 is 68.4 Å². The minimum atomic E-state index is -0.532. The number of carbonyl (C=O) groups is 1.